The Morgan fingerprint density at radius 1 is 0.518 bits per heavy atom. The number of rotatable bonds is 8. The first-order chi connectivity index (χ1) is 52.3. The fourth-order valence-electron chi connectivity index (χ4n) is 10.0. The van der Waals surface area contributed by atoms with Crippen molar-refractivity contribution in [2.75, 3.05) is 50.3 Å². The Kier molecular flexibility index (Phi) is 30.3. The number of carbonyl (C=O) groups is 4. The highest BCUT2D eigenvalue weighted by molar-refractivity contribution is 14.1. The fourth-order valence-corrected chi connectivity index (χ4v) is 12.1. The molecule has 10 aromatic rings. The van der Waals surface area contributed by atoms with Crippen LogP contribution in [0.15, 0.2) is 148 Å². The van der Waals surface area contributed by atoms with E-state index >= 15 is 0 Å². The number of nitrogen functional groups attached to an aromatic ring is 1. The summed E-state index contributed by atoms with van der Waals surface area (Å²) in [6.45, 7) is 34.2. The maximum atomic E-state index is 12.1. The van der Waals surface area contributed by atoms with Crippen LogP contribution in [0.25, 0.3) is 33.4 Å². The van der Waals surface area contributed by atoms with Gasteiger partial charge < -0.3 is 54.0 Å². The topological polar surface area (TPSA) is 341 Å². The molecule has 0 atom stereocenters. The number of nitrogens with one attached hydrogen (secondary N) is 2. The van der Waals surface area contributed by atoms with Crippen molar-refractivity contribution in [2.24, 2.45) is 14.1 Å². The monoisotopic (exact) mass is 1820 g/mol. The van der Waals surface area contributed by atoms with Crippen LogP contribution < -0.4 is 16.5 Å². The predicted octanol–water partition coefficient (Wildman–Crippen LogP) is 15.1. The first kappa shape index (κ1) is 88.6. The van der Waals surface area contributed by atoms with E-state index in [0.29, 0.717) is 56.7 Å². The molecule has 0 aromatic carbocycles. The Balaban J connectivity index is 0.000000172. The second-order valence-corrected chi connectivity index (χ2v) is 35.4. The number of alkyl halides is 1. The predicted molar refractivity (Wildman–Crippen MR) is 448 cm³/mol. The number of nitrogens with two attached hydrogens (primary N) is 1. The third kappa shape index (κ3) is 28.0. The van der Waals surface area contributed by atoms with Crippen molar-refractivity contribution in [3.63, 3.8) is 0 Å². The van der Waals surface area contributed by atoms with E-state index in [9.17, 15) is 19.2 Å². The summed E-state index contributed by atoms with van der Waals surface area (Å²) in [5, 5.41) is 32.2. The first-order valence-corrected chi connectivity index (χ1v) is 39.0. The van der Waals surface area contributed by atoms with Crippen molar-refractivity contribution >= 4 is 134 Å². The van der Waals surface area contributed by atoms with Gasteiger partial charge in [-0.1, -0.05) is 57.4 Å². The zero-order valence-electron chi connectivity index (χ0n) is 66.0. The normalized spacial score (nSPS) is 15.1. The number of hydrogen-bond acceptors (Lipinski definition) is 22. The number of anilines is 3. The summed E-state index contributed by atoms with van der Waals surface area (Å²) in [4.78, 5) is 68.4. The second kappa shape index (κ2) is 38.3. The molecule has 0 aliphatic carbocycles. The highest BCUT2D eigenvalue weighted by Crippen LogP contribution is 2.37. The Labute approximate surface area is 695 Å². The molecule has 4 fully saturated rings. The molecule has 4 saturated heterocycles. The van der Waals surface area contributed by atoms with Gasteiger partial charge in [-0.15, -0.1) is 0 Å². The molecular formula is C75H97BCl3I2N21O10. The standard InChI is InChI=1S/C20H25N7O2.C16H19ClN4O2.C14H23BN2O4.C8H6ClN3.C8H14INO2.C5H3ClIN.C4H7N3/c1-20(2,3)29-19(28)26-12-17(13-26)27-10-15(8-23-27)14-5-6-21-18(7-14)24-16-9-22-25(4)11-16;1-16(2,3)23-15(22)20-9-13(10-20)21-8-12(7-19-21)11-4-5-18-14(17)6-11;1-12(2,3)19-11(18)17-9-10(8-16-17)15-20-13(4,5)14(6,7)21-15;9-8-3-6(1-2-10-8)7-4-11-12-5-7;1-8(2,3)12-7(11)10-4-6(9)5-10;6-5-3-4(7)1-2-8-5;1-7-3-4(5)2-6-7/h5-11,17H,12-13H2,1-4H3,(H,21,24);4-8,13H,9-10H2,1-3H3;8-9H,1-7H3;1-5H,(H,11,12);6H,4-5H2,1-3H3;1-3H;2-3H,5H2,1H3. The Bertz CT molecular complexity index is 4670. The van der Waals surface area contributed by atoms with Crippen LogP contribution in [0.2, 0.25) is 15.5 Å². The van der Waals surface area contributed by atoms with Gasteiger partial charge in [-0.05, 0) is 199 Å². The Hall–Kier alpha value is -8.95. The summed E-state index contributed by atoms with van der Waals surface area (Å²) in [5.41, 5.74) is 10.8. The second-order valence-electron chi connectivity index (χ2n) is 31.2. The Morgan fingerprint density at radius 3 is 1.33 bits per heavy atom. The lowest BCUT2D eigenvalue weighted by atomic mass is 9.82. The van der Waals surface area contributed by atoms with Crippen LogP contribution in [-0.2, 0) is 42.4 Å². The van der Waals surface area contributed by atoms with Gasteiger partial charge in [-0.25, -0.2) is 39.1 Å². The number of ether oxygens (including phenoxy) is 4. The lowest BCUT2D eigenvalue weighted by Crippen LogP contribution is -2.52. The molecule has 4 aliphatic heterocycles. The van der Waals surface area contributed by atoms with Crippen molar-refractivity contribution < 1.29 is 47.4 Å². The number of halogens is 5. The SMILES string of the molecule is CC(C)(C)OC(=O)N1CC(I)C1.CC(C)(C)OC(=O)N1CC(n2cc(-c3ccnc(Cl)c3)cn2)C1.CC(C)(C)OC(=O)n1cc(B2OC(C)(C)C(C)(C)O2)cn1.Clc1cc(-c2cn[nH]c2)ccn1.Clc1cc(I)ccn1.Cn1cc(N)cn1.Cn1cc(Nc2cc(-c3cnn(C4CN(C(=O)OC(C)(C)C)C4)c3)ccn2)cn1. The summed E-state index contributed by atoms with van der Waals surface area (Å²) >= 11 is 21.7. The maximum absolute atomic E-state index is 12.1. The van der Waals surface area contributed by atoms with Crippen LogP contribution in [-0.4, -0.2) is 202 Å². The van der Waals surface area contributed by atoms with Crippen molar-refractivity contribution in [3.05, 3.63) is 167 Å². The molecule has 10 aromatic heterocycles. The third-order valence-electron chi connectivity index (χ3n) is 16.3. The molecule has 4 aliphatic rings. The molecular weight excluding hydrogens is 1730 g/mol. The van der Waals surface area contributed by atoms with E-state index in [-0.39, 0.29) is 36.0 Å². The number of carbonyl (C=O) groups excluding carboxylic acids is 4. The van der Waals surface area contributed by atoms with Crippen LogP contribution in [0.1, 0.15) is 123 Å². The number of amides is 3. The van der Waals surface area contributed by atoms with E-state index in [0.717, 1.165) is 66.2 Å². The molecule has 0 radical (unpaired) electrons. The van der Waals surface area contributed by atoms with Crippen LogP contribution in [0, 0.1) is 3.57 Å². The molecule has 4 N–H and O–H groups in total. The Morgan fingerprint density at radius 2 is 0.946 bits per heavy atom. The molecule has 14 heterocycles. The molecule has 37 heteroatoms. The van der Waals surface area contributed by atoms with Crippen LogP contribution >= 0.6 is 80.0 Å². The van der Waals surface area contributed by atoms with E-state index in [1.165, 1.54) is 0 Å². The van der Waals surface area contributed by atoms with Crippen LogP contribution in [0.5, 0.6) is 0 Å². The van der Waals surface area contributed by atoms with E-state index in [1.54, 1.807) is 104 Å². The number of pyridine rings is 4. The molecule has 0 unspecified atom stereocenters. The van der Waals surface area contributed by atoms with Gasteiger partial charge in [0.2, 0.25) is 0 Å². The quantitative estimate of drug-likeness (QED) is 0.0418. The van der Waals surface area contributed by atoms with Gasteiger partial charge >= 0.3 is 31.5 Å². The summed E-state index contributed by atoms with van der Waals surface area (Å²) in [5.74, 6) is 0.739. The molecule has 0 spiro atoms. The number of aromatic nitrogens is 16. The van der Waals surface area contributed by atoms with Gasteiger partial charge in [0.1, 0.15) is 43.7 Å². The molecule has 31 nitrogen and oxygen atoms in total. The minimum Gasteiger partial charge on any atom is -0.444 e. The number of nitrogens with zero attached hydrogens (tertiary/aromatic N) is 18. The minimum absolute atomic E-state index is 0.158. The van der Waals surface area contributed by atoms with E-state index in [2.05, 4.69) is 106 Å². The van der Waals surface area contributed by atoms with Crippen LogP contribution in [0.4, 0.5) is 36.4 Å². The smallest absolute Gasteiger partial charge is 0.444 e. The molecule has 600 valence electrons. The van der Waals surface area contributed by atoms with Crippen molar-refractivity contribution in [1.29, 1.82) is 0 Å². The molecule has 0 bridgehead atoms. The average Bonchev–Trinajstić information content (AvgIpc) is 1.61. The van der Waals surface area contributed by atoms with Gasteiger partial charge in [-0.3, -0.25) is 23.8 Å². The summed E-state index contributed by atoms with van der Waals surface area (Å²) in [6.07, 6.45) is 26.8. The third-order valence-corrected chi connectivity index (χ3v) is 18.4. The van der Waals surface area contributed by atoms with E-state index in [4.69, 9.17) is 68.8 Å². The van der Waals surface area contributed by atoms with Crippen molar-refractivity contribution in [1.82, 2.24) is 93.7 Å². The van der Waals surface area contributed by atoms with E-state index in [1.807, 2.05) is 202 Å². The molecule has 112 heavy (non-hydrogen) atoms. The van der Waals surface area contributed by atoms with Gasteiger partial charge in [0.05, 0.1) is 65.6 Å². The molecule has 14 rings (SSSR count). The minimum atomic E-state index is -0.562. The first-order valence-electron chi connectivity index (χ1n) is 35.6. The molecule has 0 saturated carbocycles. The van der Waals surface area contributed by atoms with Crippen molar-refractivity contribution in [3.8, 4) is 33.4 Å². The van der Waals surface area contributed by atoms with Gasteiger partial charge in [0, 0.05) is 151 Å². The van der Waals surface area contributed by atoms with Gasteiger partial charge in [0.15, 0.2) is 0 Å². The number of hydrogen-bond donors (Lipinski definition) is 3. The summed E-state index contributed by atoms with van der Waals surface area (Å²) in [6, 6.07) is 15.3. The van der Waals surface area contributed by atoms with E-state index < -0.39 is 41.2 Å². The highest BCUT2D eigenvalue weighted by atomic mass is 127. The highest BCUT2D eigenvalue weighted by Gasteiger charge is 2.52. The van der Waals surface area contributed by atoms with Crippen LogP contribution in [0.3, 0.4) is 0 Å². The average molecular weight is 1820 g/mol. The lowest BCUT2D eigenvalue weighted by molar-refractivity contribution is -0.00121. The van der Waals surface area contributed by atoms with Gasteiger partial charge in [0.25, 0.3) is 0 Å². The lowest BCUT2D eigenvalue weighted by Gasteiger charge is -2.39. The van der Waals surface area contributed by atoms with Gasteiger partial charge in [-0.2, -0.15) is 35.3 Å². The number of aromatic amines is 1. The zero-order valence-corrected chi connectivity index (χ0v) is 72.6. The zero-order chi connectivity index (χ0) is 82.3. The number of likely N-dealkylation sites (tertiary alicyclic amines) is 3. The largest absolute Gasteiger partial charge is 0.498 e. The number of H-pyrrole nitrogens is 1. The summed E-state index contributed by atoms with van der Waals surface area (Å²) < 4.78 is 43.1. The fraction of sp³-hybridized carbons (Fsp3) is 0.440. The number of aryl methyl sites for hydroxylation is 2. The summed E-state index contributed by atoms with van der Waals surface area (Å²) in [7, 11) is 3.16. The maximum Gasteiger partial charge on any atom is 0.498 e. The van der Waals surface area contributed by atoms with Crippen molar-refractivity contribution in [2.45, 2.75) is 160 Å². The molecule has 3 amide bonds.